The van der Waals surface area contributed by atoms with Crippen molar-refractivity contribution >= 4 is 11.0 Å². The topological polar surface area (TPSA) is 61.2 Å². The van der Waals surface area contributed by atoms with Crippen LogP contribution >= 0.6 is 0 Å². The van der Waals surface area contributed by atoms with Gasteiger partial charge >= 0.3 is 0 Å². The fraction of sp³-hybridized carbons (Fsp3) is 0.333. The number of rotatable bonds is 15. The van der Waals surface area contributed by atoms with Crippen LogP contribution in [0.4, 0.5) is 0 Å². The van der Waals surface area contributed by atoms with Crippen molar-refractivity contribution in [1.82, 2.24) is 35.0 Å². The Morgan fingerprint density at radius 1 is 0.628 bits per heavy atom. The quantitative estimate of drug-likeness (QED) is 0.153. The smallest absolute Gasteiger partial charge is 0.162 e. The standard InChI is InChI=1S/C36H45N7/c1-41(2)23-8-21-37-26-28-12-16-30(17-13-28)34-33-20-25-43(32-10-6-5-7-11-32)36(33)40-35(39-34)31-18-14-29(15-19-31)27-38-22-9-24-42(3)4/h5-7,10-20,25,37-38H,8-9,21-24,26-27H2,1-4H3. The highest BCUT2D eigenvalue weighted by Gasteiger charge is 2.16. The van der Waals surface area contributed by atoms with E-state index in [9.17, 15) is 0 Å². The third kappa shape index (κ3) is 8.36. The van der Waals surface area contributed by atoms with E-state index in [2.05, 4.69) is 138 Å². The lowest BCUT2D eigenvalue weighted by atomic mass is 10.1. The summed E-state index contributed by atoms with van der Waals surface area (Å²) in [6, 6.07) is 29.9. The van der Waals surface area contributed by atoms with Crippen molar-refractivity contribution in [3.8, 4) is 28.3 Å². The van der Waals surface area contributed by atoms with Crippen molar-refractivity contribution in [2.45, 2.75) is 25.9 Å². The highest BCUT2D eigenvalue weighted by atomic mass is 15.1. The van der Waals surface area contributed by atoms with Gasteiger partial charge in [0, 0.05) is 41.5 Å². The molecule has 7 heteroatoms. The van der Waals surface area contributed by atoms with Gasteiger partial charge in [-0.3, -0.25) is 0 Å². The largest absolute Gasteiger partial charge is 0.313 e. The second kappa shape index (κ2) is 15.0. The number of para-hydroxylation sites is 1. The summed E-state index contributed by atoms with van der Waals surface area (Å²) in [5.41, 5.74) is 7.57. The summed E-state index contributed by atoms with van der Waals surface area (Å²) < 4.78 is 2.15. The van der Waals surface area contributed by atoms with Gasteiger partial charge in [-0.25, -0.2) is 9.97 Å². The van der Waals surface area contributed by atoms with E-state index < -0.39 is 0 Å². The van der Waals surface area contributed by atoms with Gasteiger partial charge < -0.3 is 25.0 Å². The second-order valence-corrected chi connectivity index (χ2v) is 11.7. The molecule has 0 saturated heterocycles. The van der Waals surface area contributed by atoms with E-state index in [0.717, 1.165) is 91.5 Å². The molecule has 0 unspecified atom stereocenters. The number of benzene rings is 3. The fourth-order valence-corrected chi connectivity index (χ4v) is 5.22. The first-order chi connectivity index (χ1) is 21.0. The molecular formula is C36H45N7. The Labute approximate surface area is 256 Å². The van der Waals surface area contributed by atoms with E-state index >= 15 is 0 Å². The number of fused-ring (bicyclic) bond motifs is 1. The summed E-state index contributed by atoms with van der Waals surface area (Å²) in [4.78, 5) is 14.7. The molecule has 2 aromatic heterocycles. The monoisotopic (exact) mass is 575 g/mol. The van der Waals surface area contributed by atoms with Crippen molar-refractivity contribution < 1.29 is 0 Å². The molecule has 0 aliphatic heterocycles. The van der Waals surface area contributed by atoms with Crippen LogP contribution in [0.2, 0.25) is 0 Å². The average molecular weight is 576 g/mol. The Kier molecular flexibility index (Phi) is 10.7. The lowest BCUT2D eigenvalue weighted by Gasteiger charge is -2.12. The number of hydrogen-bond acceptors (Lipinski definition) is 6. The minimum Gasteiger partial charge on any atom is -0.313 e. The van der Waals surface area contributed by atoms with E-state index in [1.807, 2.05) is 6.07 Å². The van der Waals surface area contributed by atoms with Gasteiger partial charge in [-0.15, -0.1) is 0 Å². The molecule has 0 aliphatic carbocycles. The van der Waals surface area contributed by atoms with Gasteiger partial charge in [0.2, 0.25) is 0 Å². The van der Waals surface area contributed by atoms with Gasteiger partial charge in [0.1, 0.15) is 5.65 Å². The van der Waals surface area contributed by atoms with Crippen LogP contribution in [0.5, 0.6) is 0 Å². The molecule has 0 fully saturated rings. The predicted octanol–water partition coefficient (Wildman–Crippen LogP) is 5.84. The highest BCUT2D eigenvalue weighted by Crippen LogP contribution is 2.31. The van der Waals surface area contributed by atoms with E-state index in [0.29, 0.717) is 0 Å². The van der Waals surface area contributed by atoms with Gasteiger partial charge in [0.05, 0.1) is 5.69 Å². The maximum absolute atomic E-state index is 5.15. The predicted molar refractivity (Wildman–Crippen MR) is 179 cm³/mol. The third-order valence-electron chi connectivity index (χ3n) is 7.59. The van der Waals surface area contributed by atoms with E-state index in [1.165, 1.54) is 11.1 Å². The third-order valence-corrected chi connectivity index (χ3v) is 7.59. The highest BCUT2D eigenvalue weighted by molar-refractivity contribution is 5.93. The molecule has 0 spiro atoms. The molecular weight excluding hydrogens is 530 g/mol. The normalized spacial score (nSPS) is 11.7. The Morgan fingerprint density at radius 3 is 1.74 bits per heavy atom. The molecule has 0 amide bonds. The first-order valence-electron chi connectivity index (χ1n) is 15.3. The Morgan fingerprint density at radius 2 is 1.19 bits per heavy atom. The molecule has 43 heavy (non-hydrogen) atoms. The van der Waals surface area contributed by atoms with Crippen LogP contribution in [0.25, 0.3) is 39.4 Å². The summed E-state index contributed by atoms with van der Waals surface area (Å²) in [7, 11) is 8.46. The molecule has 224 valence electrons. The molecule has 2 heterocycles. The van der Waals surface area contributed by atoms with Crippen molar-refractivity contribution in [2.24, 2.45) is 0 Å². The van der Waals surface area contributed by atoms with Crippen LogP contribution < -0.4 is 10.6 Å². The molecule has 0 atom stereocenters. The van der Waals surface area contributed by atoms with Crippen LogP contribution in [-0.2, 0) is 13.1 Å². The summed E-state index contributed by atoms with van der Waals surface area (Å²) in [5, 5.41) is 8.16. The first kappa shape index (κ1) is 30.6. The van der Waals surface area contributed by atoms with Gasteiger partial charge in [-0.1, -0.05) is 66.7 Å². The molecule has 3 aromatic carbocycles. The Hall–Kier alpha value is -3.88. The minimum atomic E-state index is 0.732. The second-order valence-electron chi connectivity index (χ2n) is 11.7. The zero-order valence-electron chi connectivity index (χ0n) is 26.1. The minimum absolute atomic E-state index is 0.732. The van der Waals surface area contributed by atoms with Crippen molar-refractivity contribution in [2.75, 3.05) is 54.4 Å². The number of aromatic nitrogens is 3. The van der Waals surface area contributed by atoms with Gasteiger partial charge in [0.25, 0.3) is 0 Å². The lowest BCUT2D eigenvalue weighted by molar-refractivity contribution is 0.394. The lowest BCUT2D eigenvalue weighted by Crippen LogP contribution is -2.20. The van der Waals surface area contributed by atoms with Gasteiger partial charge in [-0.05, 0) is 96.5 Å². The number of nitrogens with zero attached hydrogens (tertiary/aromatic N) is 5. The number of hydrogen-bond donors (Lipinski definition) is 2. The molecule has 0 radical (unpaired) electrons. The van der Waals surface area contributed by atoms with Crippen LogP contribution in [0.1, 0.15) is 24.0 Å². The molecule has 5 aromatic rings. The molecule has 5 rings (SSSR count). The number of nitrogens with one attached hydrogen (secondary N) is 2. The Balaban J connectivity index is 1.40. The average Bonchev–Trinajstić information content (AvgIpc) is 3.45. The summed E-state index contributed by atoms with van der Waals surface area (Å²) in [6.45, 7) is 5.91. The van der Waals surface area contributed by atoms with Gasteiger partial charge in [-0.2, -0.15) is 0 Å². The Bertz CT molecular complexity index is 1560. The summed E-state index contributed by atoms with van der Waals surface area (Å²) >= 11 is 0. The molecule has 2 N–H and O–H groups in total. The van der Waals surface area contributed by atoms with Crippen LogP contribution in [0.3, 0.4) is 0 Å². The van der Waals surface area contributed by atoms with E-state index in [4.69, 9.17) is 9.97 Å². The summed E-state index contributed by atoms with van der Waals surface area (Å²) in [6.07, 6.45) is 4.37. The zero-order valence-corrected chi connectivity index (χ0v) is 26.1. The van der Waals surface area contributed by atoms with Crippen LogP contribution in [0.15, 0.2) is 91.1 Å². The maximum Gasteiger partial charge on any atom is 0.162 e. The van der Waals surface area contributed by atoms with Crippen molar-refractivity contribution in [1.29, 1.82) is 0 Å². The molecule has 7 nitrogen and oxygen atoms in total. The van der Waals surface area contributed by atoms with Gasteiger partial charge in [0.15, 0.2) is 5.82 Å². The maximum atomic E-state index is 5.15. The molecule has 0 bridgehead atoms. The molecule has 0 saturated carbocycles. The molecule has 0 aliphatic rings. The van der Waals surface area contributed by atoms with Crippen molar-refractivity contribution in [3.05, 3.63) is 102 Å². The van der Waals surface area contributed by atoms with E-state index in [1.54, 1.807) is 0 Å². The first-order valence-corrected chi connectivity index (χ1v) is 15.3. The van der Waals surface area contributed by atoms with E-state index in [-0.39, 0.29) is 0 Å². The SMILES string of the molecule is CN(C)CCCNCc1ccc(-c2nc(-c3ccc(CNCCCN(C)C)cc3)c3ccn(-c4ccccc4)c3n2)cc1. The zero-order chi connectivity index (χ0) is 30.0. The fourth-order valence-electron chi connectivity index (χ4n) is 5.22. The van der Waals surface area contributed by atoms with Crippen LogP contribution in [-0.4, -0.2) is 78.7 Å². The summed E-state index contributed by atoms with van der Waals surface area (Å²) in [5.74, 6) is 0.732. The van der Waals surface area contributed by atoms with Crippen molar-refractivity contribution in [3.63, 3.8) is 0 Å². The van der Waals surface area contributed by atoms with Crippen LogP contribution in [0, 0.1) is 0 Å².